The van der Waals surface area contributed by atoms with Gasteiger partial charge in [0.1, 0.15) is 4.83 Å². The van der Waals surface area contributed by atoms with Crippen LogP contribution in [0.25, 0.3) is 21.3 Å². The Kier molecular flexibility index (Phi) is 4.42. The van der Waals surface area contributed by atoms with Crippen molar-refractivity contribution in [2.75, 3.05) is 0 Å². The van der Waals surface area contributed by atoms with Crippen LogP contribution in [0.4, 0.5) is 0 Å². The monoisotopic (exact) mass is 364 g/mol. The van der Waals surface area contributed by atoms with E-state index in [1.807, 2.05) is 55.5 Å². The van der Waals surface area contributed by atoms with E-state index in [0.717, 1.165) is 26.6 Å². The molecule has 0 spiro atoms. The zero-order chi connectivity index (χ0) is 17.2. The van der Waals surface area contributed by atoms with Crippen LogP contribution in [0.5, 0.6) is 0 Å². The van der Waals surface area contributed by atoms with Gasteiger partial charge >= 0.3 is 0 Å². The lowest BCUT2D eigenvalue weighted by molar-refractivity contribution is 0.980. The van der Waals surface area contributed by atoms with Crippen molar-refractivity contribution in [1.82, 2.24) is 9.97 Å². The molecule has 4 rings (SSSR count). The highest BCUT2D eigenvalue weighted by molar-refractivity contribution is 7.98. The molecule has 2 aromatic heterocycles. The van der Waals surface area contributed by atoms with Crippen LogP contribution in [-0.4, -0.2) is 9.97 Å². The Balaban J connectivity index is 1.73. The summed E-state index contributed by atoms with van der Waals surface area (Å²) in [5.74, 6) is 0.783. The van der Waals surface area contributed by atoms with E-state index >= 15 is 0 Å². The van der Waals surface area contributed by atoms with Gasteiger partial charge in [-0.05, 0) is 18.1 Å². The van der Waals surface area contributed by atoms with Gasteiger partial charge in [0.05, 0.1) is 5.39 Å². The number of aromatic nitrogens is 2. The Labute approximate surface area is 153 Å². The van der Waals surface area contributed by atoms with Gasteiger partial charge in [0.25, 0.3) is 5.56 Å². The molecule has 0 fully saturated rings. The lowest BCUT2D eigenvalue weighted by atomic mass is 10.0. The second-order valence-electron chi connectivity index (χ2n) is 5.72. The van der Waals surface area contributed by atoms with Crippen LogP contribution in [0.2, 0.25) is 0 Å². The summed E-state index contributed by atoms with van der Waals surface area (Å²) >= 11 is 3.13. The number of hydrogen-bond donors (Lipinski definition) is 1. The Hall–Kier alpha value is -2.37. The predicted molar refractivity (Wildman–Crippen MR) is 106 cm³/mol. The lowest BCUT2D eigenvalue weighted by Crippen LogP contribution is -2.08. The molecule has 0 unspecified atom stereocenters. The van der Waals surface area contributed by atoms with Crippen molar-refractivity contribution < 1.29 is 0 Å². The molecule has 0 aliphatic carbocycles. The third-order valence-corrected chi connectivity index (χ3v) is 5.94. The molecule has 2 heterocycles. The molecular formula is C20H16N2OS2. The number of thiophene rings is 1. The first-order valence-corrected chi connectivity index (χ1v) is 9.78. The van der Waals surface area contributed by atoms with Crippen LogP contribution in [0.15, 0.2) is 70.6 Å². The molecule has 0 bridgehead atoms. The molecule has 4 aromatic rings. The first-order valence-electron chi connectivity index (χ1n) is 7.98. The number of fused-ring (bicyclic) bond motifs is 1. The highest BCUT2D eigenvalue weighted by Gasteiger charge is 2.16. The Morgan fingerprint density at radius 2 is 1.72 bits per heavy atom. The van der Waals surface area contributed by atoms with Crippen molar-refractivity contribution >= 4 is 33.3 Å². The quantitative estimate of drug-likeness (QED) is 0.397. The number of benzene rings is 2. The number of H-pyrrole nitrogens is 1. The van der Waals surface area contributed by atoms with E-state index in [4.69, 9.17) is 0 Å². The summed E-state index contributed by atoms with van der Waals surface area (Å²) in [4.78, 5) is 22.3. The van der Waals surface area contributed by atoms with E-state index in [9.17, 15) is 4.79 Å². The number of rotatable bonds is 4. The van der Waals surface area contributed by atoms with E-state index in [2.05, 4.69) is 22.1 Å². The van der Waals surface area contributed by atoms with Crippen LogP contribution in [0, 0.1) is 6.92 Å². The topological polar surface area (TPSA) is 45.8 Å². The molecule has 3 nitrogen and oxygen atoms in total. The maximum atomic E-state index is 12.7. The third kappa shape index (κ3) is 3.25. The summed E-state index contributed by atoms with van der Waals surface area (Å²) in [5, 5.41) is 1.36. The van der Waals surface area contributed by atoms with E-state index < -0.39 is 0 Å². The molecule has 124 valence electrons. The molecule has 0 radical (unpaired) electrons. The highest BCUT2D eigenvalue weighted by Crippen LogP contribution is 2.36. The fraction of sp³-hybridized carbons (Fsp3) is 0.100. The number of nitrogens with one attached hydrogen (secondary N) is 1. The van der Waals surface area contributed by atoms with E-state index in [1.54, 1.807) is 23.1 Å². The van der Waals surface area contributed by atoms with Gasteiger partial charge in [0, 0.05) is 16.2 Å². The molecule has 0 saturated carbocycles. The van der Waals surface area contributed by atoms with Crippen LogP contribution in [-0.2, 0) is 5.75 Å². The van der Waals surface area contributed by atoms with Gasteiger partial charge in [-0.3, -0.25) is 4.79 Å². The summed E-state index contributed by atoms with van der Waals surface area (Å²) in [6.07, 6.45) is 0. The maximum Gasteiger partial charge on any atom is 0.260 e. The number of aryl methyl sites for hydroxylation is 1. The van der Waals surface area contributed by atoms with E-state index in [1.165, 1.54) is 5.56 Å². The van der Waals surface area contributed by atoms with Crippen molar-refractivity contribution in [3.05, 3.63) is 81.5 Å². The number of nitrogens with zero attached hydrogens (tertiary/aromatic N) is 1. The van der Waals surface area contributed by atoms with E-state index in [-0.39, 0.29) is 5.56 Å². The molecular weight excluding hydrogens is 348 g/mol. The fourth-order valence-corrected chi connectivity index (χ4v) is 4.77. The number of hydrogen-bond acceptors (Lipinski definition) is 4. The molecule has 0 amide bonds. The van der Waals surface area contributed by atoms with Crippen LogP contribution < -0.4 is 5.56 Å². The second kappa shape index (κ2) is 6.86. The van der Waals surface area contributed by atoms with Crippen LogP contribution in [0.1, 0.15) is 10.4 Å². The van der Waals surface area contributed by atoms with Crippen molar-refractivity contribution in [3.63, 3.8) is 0 Å². The van der Waals surface area contributed by atoms with Crippen LogP contribution in [0.3, 0.4) is 0 Å². The minimum atomic E-state index is -0.0660. The first kappa shape index (κ1) is 16.1. The highest BCUT2D eigenvalue weighted by atomic mass is 32.2. The number of thioether (sulfide) groups is 1. The molecule has 25 heavy (non-hydrogen) atoms. The molecule has 0 aliphatic rings. The Morgan fingerprint density at radius 3 is 2.44 bits per heavy atom. The predicted octanol–water partition coefficient (Wildman–Crippen LogP) is 5.25. The Morgan fingerprint density at radius 1 is 1.04 bits per heavy atom. The molecule has 0 aliphatic heterocycles. The summed E-state index contributed by atoms with van der Waals surface area (Å²) in [6, 6.07) is 20.2. The van der Waals surface area contributed by atoms with Crippen molar-refractivity contribution in [2.24, 2.45) is 0 Å². The van der Waals surface area contributed by atoms with E-state index in [0.29, 0.717) is 10.5 Å². The zero-order valence-corrected chi connectivity index (χ0v) is 15.3. The molecule has 5 heteroatoms. The summed E-state index contributed by atoms with van der Waals surface area (Å²) in [6.45, 7) is 2.05. The molecule has 0 atom stereocenters. The van der Waals surface area contributed by atoms with Crippen LogP contribution >= 0.6 is 23.1 Å². The largest absolute Gasteiger partial charge is 0.301 e. The SMILES string of the molecule is Cc1sc2nc(SCc3ccccc3)[nH]c(=O)c2c1-c1ccccc1. The second-order valence-corrected chi connectivity index (χ2v) is 7.89. The first-order chi connectivity index (χ1) is 12.2. The van der Waals surface area contributed by atoms with Gasteiger partial charge < -0.3 is 4.98 Å². The summed E-state index contributed by atoms with van der Waals surface area (Å²) in [5.41, 5.74) is 3.20. The molecule has 2 aromatic carbocycles. The Bertz CT molecular complexity index is 1070. The number of aromatic amines is 1. The van der Waals surface area contributed by atoms with Gasteiger partial charge in [0.15, 0.2) is 5.16 Å². The minimum Gasteiger partial charge on any atom is -0.301 e. The average Bonchev–Trinajstić information content (AvgIpc) is 2.98. The normalized spacial score (nSPS) is 11.1. The third-order valence-electron chi connectivity index (χ3n) is 4.00. The summed E-state index contributed by atoms with van der Waals surface area (Å²) < 4.78 is 0. The summed E-state index contributed by atoms with van der Waals surface area (Å²) in [7, 11) is 0. The zero-order valence-electron chi connectivity index (χ0n) is 13.7. The van der Waals surface area contributed by atoms with Gasteiger partial charge in [-0.25, -0.2) is 4.98 Å². The van der Waals surface area contributed by atoms with Gasteiger partial charge in [-0.15, -0.1) is 11.3 Å². The lowest BCUT2D eigenvalue weighted by Gasteiger charge is -2.03. The van der Waals surface area contributed by atoms with Gasteiger partial charge in [-0.1, -0.05) is 72.4 Å². The van der Waals surface area contributed by atoms with Gasteiger partial charge in [-0.2, -0.15) is 0 Å². The molecule has 0 saturated heterocycles. The fourth-order valence-electron chi connectivity index (χ4n) is 2.85. The standard InChI is InChI=1S/C20H16N2OS2/c1-13-16(15-10-6-3-7-11-15)17-18(23)21-20(22-19(17)25-13)24-12-14-8-4-2-5-9-14/h2-11H,12H2,1H3,(H,21,22,23). The average molecular weight is 364 g/mol. The van der Waals surface area contributed by atoms with Crippen molar-refractivity contribution in [3.8, 4) is 11.1 Å². The maximum absolute atomic E-state index is 12.7. The van der Waals surface area contributed by atoms with Crippen molar-refractivity contribution in [2.45, 2.75) is 17.8 Å². The smallest absolute Gasteiger partial charge is 0.260 e. The minimum absolute atomic E-state index is 0.0660. The van der Waals surface area contributed by atoms with Crippen molar-refractivity contribution in [1.29, 1.82) is 0 Å². The van der Waals surface area contributed by atoms with Gasteiger partial charge in [0.2, 0.25) is 0 Å². The molecule has 1 N–H and O–H groups in total.